The lowest BCUT2D eigenvalue weighted by molar-refractivity contribution is 0.208. The van der Waals surface area contributed by atoms with E-state index in [1.165, 1.54) is 16.8 Å². The zero-order valence-corrected chi connectivity index (χ0v) is 13.7. The van der Waals surface area contributed by atoms with Crippen molar-refractivity contribution in [2.75, 3.05) is 36.4 Å². The van der Waals surface area contributed by atoms with E-state index in [1.54, 1.807) is 0 Å². The van der Waals surface area contributed by atoms with Gasteiger partial charge in [0.15, 0.2) is 0 Å². The number of anilines is 2. The molecule has 2 amide bonds. The van der Waals surface area contributed by atoms with Crippen molar-refractivity contribution in [1.29, 1.82) is 0 Å². The van der Waals surface area contributed by atoms with Crippen LogP contribution in [0.5, 0.6) is 0 Å². The van der Waals surface area contributed by atoms with Gasteiger partial charge in [0, 0.05) is 37.6 Å². The van der Waals surface area contributed by atoms with Crippen molar-refractivity contribution >= 4 is 17.4 Å². The van der Waals surface area contributed by atoms with Gasteiger partial charge in [0.25, 0.3) is 0 Å². The van der Waals surface area contributed by atoms with E-state index in [0.29, 0.717) is 0 Å². The number of para-hydroxylation sites is 1. The van der Waals surface area contributed by atoms with Crippen molar-refractivity contribution in [1.82, 2.24) is 4.90 Å². The molecule has 0 atom stereocenters. The van der Waals surface area contributed by atoms with Crippen molar-refractivity contribution in [3.63, 3.8) is 0 Å². The minimum atomic E-state index is -0.0177. The summed E-state index contributed by atoms with van der Waals surface area (Å²) in [7, 11) is 0. The normalized spacial score (nSPS) is 14.7. The van der Waals surface area contributed by atoms with Gasteiger partial charge < -0.3 is 15.1 Å². The van der Waals surface area contributed by atoms with Gasteiger partial charge in [-0.25, -0.2) is 4.79 Å². The number of carbonyl (C=O) groups is 1. The monoisotopic (exact) mass is 309 g/mol. The van der Waals surface area contributed by atoms with Gasteiger partial charge in [0.05, 0.1) is 0 Å². The lowest BCUT2D eigenvalue weighted by Gasteiger charge is -2.36. The van der Waals surface area contributed by atoms with Gasteiger partial charge in [-0.2, -0.15) is 0 Å². The highest BCUT2D eigenvalue weighted by Gasteiger charge is 2.21. The van der Waals surface area contributed by atoms with Crippen molar-refractivity contribution in [2.24, 2.45) is 0 Å². The zero-order valence-electron chi connectivity index (χ0n) is 13.7. The van der Waals surface area contributed by atoms with E-state index in [1.807, 2.05) is 35.2 Å². The third-order valence-electron chi connectivity index (χ3n) is 4.45. The summed E-state index contributed by atoms with van der Waals surface area (Å²) < 4.78 is 0. The number of nitrogens with zero attached hydrogens (tertiary/aromatic N) is 2. The molecule has 1 N–H and O–H groups in total. The van der Waals surface area contributed by atoms with Crippen LogP contribution in [0, 0.1) is 13.8 Å². The summed E-state index contributed by atoms with van der Waals surface area (Å²) in [5, 5.41) is 2.95. The number of rotatable bonds is 2. The molecular formula is C19H23N3O. The first-order chi connectivity index (χ1) is 11.1. The molecule has 4 nitrogen and oxygen atoms in total. The molecule has 2 aromatic rings. The van der Waals surface area contributed by atoms with Crippen LogP contribution < -0.4 is 10.2 Å². The standard InChI is InChI=1S/C19H23N3O/c1-15-8-9-18(14-16(15)2)21-10-12-22(13-11-21)19(23)20-17-6-4-3-5-7-17/h3-9,14H,10-13H2,1-2H3,(H,20,23). The third kappa shape index (κ3) is 3.65. The fourth-order valence-electron chi connectivity index (χ4n) is 2.81. The minimum absolute atomic E-state index is 0.0177. The Labute approximate surface area is 137 Å². The van der Waals surface area contributed by atoms with E-state index < -0.39 is 0 Å². The fraction of sp³-hybridized carbons (Fsp3) is 0.316. The number of aryl methyl sites for hydroxylation is 2. The van der Waals surface area contributed by atoms with Crippen LogP contribution in [0.3, 0.4) is 0 Å². The molecule has 0 aliphatic carbocycles. The second-order valence-corrected chi connectivity index (χ2v) is 6.04. The van der Waals surface area contributed by atoms with Gasteiger partial charge >= 0.3 is 6.03 Å². The Kier molecular flexibility index (Phi) is 4.51. The van der Waals surface area contributed by atoms with Crippen LogP contribution in [0.4, 0.5) is 16.2 Å². The molecule has 3 rings (SSSR count). The smallest absolute Gasteiger partial charge is 0.321 e. The number of hydrogen-bond donors (Lipinski definition) is 1. The molecule has 1 aliphatic heterocycles. The maximum absolute atomic E-state index is 12.3. The first kappa shape index (κ1) is 15.4. The molecule has 1 heterocycles. The van der Waals surface area contributed by atoms with Crippen LogP contribution >= 0.6 is 0 Å². The number of hydrogen-bond acceptors (Lipinski definition) is 2. The first-order valence-corrected chi connectivity index (χ1v) is 8.06. The summed E-state index contributed by atoms with van der Waals surface area (Å²) in [6.45, 7) is 7.49. The number of nitrogens with one attached hydrogen (secondary N) is 1. The molecule has 120 valence electrons. The van der Waals surface area contributed by atoms with Gasteiger partial charge in [-0.15, -0.1) is 0 Å². The predicted molar refractivity (Wildman–Crippen MR) is 95.2 cm³/mol. The minimum Gasteiger partial charge on any atom is -0.368 e. The number of urea groups is 1. The van der Waals surface area contributed by atoms with Gasteiger partial charge in [-0.1, -0.05) is 24.3 Å². The fourth-order valence-corrected chi connectivity index (χ4v) is 2.81. The first-order valence-electron chi connectivity index (χ1n) is 8.06. The molecule has 1 fully saturated rings. The van der Waals surface area contributed by atoms with Crippen molar-refractivity contribution in [3.05, 3.63) is 59.7 Å². The topological polar surface area (TPSA) is 35.6 Å². The van der Waals surface area contributed by atoms with Crippen LogP contribution in [0.1, 0.15) is 11.1 Å². The van der Waals surface area contributed by atoms with Crippen molar-refractivity contribution < 1.29 is 4.79 Å². The third-order valence-corrected chi connectivity index (χ3v) is 4.45. The molecule has 0 aromatic heterocycles. The molecule has 2 aromatic carbocycles. The highest BCUT2D eigenvalue weighted by atomic mass is 16.2. The van der Waals surface area contributed by atoms with Gasteiger partial charge in [-0.3, -0.25) is 0 Å². The number of benzene rings is 2. The van der Waals surface area contributed by atoms with Crippen molar-refractivity contribution in [3.8, 4) is 0 Å². The summed E-state index contributed by atoms with van der Waals surface area (Å²) >= 11 is 0. The van der Waals surface area contributed by atoms with Gasteiger partial charge in [-0.05, 0) is 49.2 Å². The average molecular weight is 309 g/mol. The van der Waals surface area contributed by atoms with E-state index >= 15 is 0 Å². The Morgan fingerprint density at radius 2 is 1.61 bits per heavy atom. The van der Waals surface area contributed by atoms with E-state index in [4.69, 9.17) is 0 Å². The van der Waals surface area contributed by atoms with E-state index in [0.717, 1.165) is 31.9 Å². The van der Waals surface area contributed by atoms with Crippen LogP contribution in [-0.2, 0) is 0 Å². The summed E-state index contributed by atoms with van der Waals surface area (Å²) in [5.41, 5.74) is 4.71. The lowest BCUT2D eigenvalue weighted by Crippen LogP contribution is -2.50. The van der Waals surface area contributed by atoms with Gasteiger partial charge in [0.2, 0.25) is 0 Å². The highest BCUT2D eigenvalue weighted by Crippen LogP contribution is 2.20. The number of carbonyl (C=O) groups excluding carboxylic acids is 1. The zero-order chi connectivity index (χ0) is 16.2. The second kappa shape index (κ2) is 6.73. The molecule has 23 heavy (non-hydrogen) atoms. The van der Waals surface area contributed by atoms with E-state index in [9.17, 15) is 4.79 Å². The van der Waals surface area contributed by atoms with Crippen LogP contribution in [0.25, 0.3) is 0 Å². The molecular weight excluding hydrogens is 286 g/mol. The Hall–Kier alpha value is -2.49. The predicted octanol–water partition coefficient (Wildman–Crippen LogP) is 3.66. The quantitative estimate of drug-likeness (QED) is 0.919. The van der Waals surface area contributed by atoms with Gasteiger partial charge in [0.1, 0.15) is 0 Å². The second-order valence-electron chi connectivity index (χ2n) is 6.04. The molecule has 1 aliphatic rings. The number of amides is 2. The Bertz CT molecular complexity index is 676. The van der Waals surface area contributed by atoms with E-state index in [2.05, 4.69) is 42.3 Å². The molecule has 0 unspecified atom stereocenters. The largest absolute Gasteiger partial charge is 0.368 e. The van der Waals surface area contributed by atoms with Crippen LogP contribution in [0.2, 0.25) is 0 Å². The molecule has 1 saturated heterocycles. The maximum atomic E-state index is 12.3. The summed E-state index contributed by atoms with van der Waals surface area (Å²) in [6.07, 6.45) is 0. The molecule has 0 spiro atoms. The maximum Gasteiger partial charge on any atom is 0.321 e. The molecule has 0 radical (unpaired) electrons. The Morgan fingerprint density at radius 3 is 2.26 bits per heavy atom. The molecule has 4 heteroatoms. The molecule has 0 saturated carbocycles. The molecule has 0 bridgehead atoms. The lowest BCUT2D eigenvalue weighted by atomic mass is 10.1. The van der Waals surface area contributed by atoms with E-state index in [-0.39, 0.29) is 6.03 Å². The summed E-state index contributed by atoms with van der Waals surface area (Å²) in [6, 6.07) is 16.2. The Morgan fingerprint density at radius 1 is 0.913 bits per heavy atom. The Balaban J connectivity index is 1.57. The van der Waals surface area contributed by atoms with Crippen LogP contribution in [0.15, 0.2) is 48.5 Å². The summed E-state index contributed by atoms with van der Waals surface area (Å²) in [4.78, 5) is 16.5. The summed E-state index contributed by atoms with van der Waals surface area (Å²) in [5.74, 6) is 0. The average Bonchev–Trinajstić information content (AvgIpc) is 2.58. The SMILES string of the molecule is Cc1ccc(N2CCN(C(=O)Nc3ccccc3)CC2)cc1C. The van der Waals surface area contributed by atoms with Crippen LogP contribution in [-0.4, -0.2) is 37.1 Å². The van der Waals surface area contributed by atoms with Crippen molar-refractivity contribution in [2.45, 2.75) is 13.8 Å². The highest BCUT2D eigenvalue weighted by molar-refractivity contribution is 5.89. The number of piperazine rings is 1.